The summed E-state index contributed by atoms with van der Waals surface area (Å²) in [6, 6.07) is 0. The lowest BCUT2D eigenvalue weighted by atomic mass is 9.94. The number of allylic oxidation sites excluding steroid dienone is 3. The molecule has 14 heavy (non-hydrogen) atoms. The Kier molecular flexibility index (Phi) is 2.69. The summed E-state index contributed by atoms with van der Waals surface area (Å²) in [5, 5.41) is 9.16. The Bertz CT molecular complexity index is 323. The highest BCUT2D eigenvalue weighted by atomic mass is 19.4. The van der Waals surface area contributed by atoms with E-state index in [9.17, 15) is 18.0 Å². The van der Waals surface area contributed by atoms with E-state index in [-0.39, 0.29) is 24.2 Å². The number of carbonyl (C=O) groups is 1. The second kappa shape index (κ2) is 3.48. The number of carbonyl (C=O) groups excluding carboxylic acids is 1. The summed E-state index contributed by atoms with van der Waals surface area (Å²) in [4.78, 5) is 10.8. The van der Waals surface area contributed by atoms with Crippen LogP contribution in [0.25, 0.3) is 0 Å². The van der Waals surface area contributed by atoms with Crippen molar-refractivity contribution in [2.24, 2.45) is 0 Å². The zero-order chi connectivity index (χ0) is 10.9. The van der Waals surface area contributed by atoms with Crippen LogP contribution in [0, 0.1) is 0 Å². The van der Waals surface area contributed by atoms with Crippen molar-refractivity contribution in [2.75, 3.05) is 0 Å². The van der Waals surface area contributed by atoms with E-state index >= 15 is 0 Å². The van der Waals surface area contributed by atoms with Crippen LogP contribution in [0.2, 0.25) is 0 Å². The zero-order valence-electron chi connectivity index (χ0n) is 7.48. The molecule has 0 heterocycles. The first kappa shape index (κ1) is 10.8. The maximum Gasteiger partial charge on any atom is 0.412 e. The SMILES string of the molecule is CC(=O)C1=C(O)C=C(C(F)(F)F)CC1. The number of aliphatic hydroxyl groups is 1. The van der Waals surface area contributed by atoms with Crippen LogP contribution >= 0.6 is 0 Å². The van der Waals surface area contributed by atoms with E-state index in [1.807, 2.05) is 0 Å². The zero-order valence-corrected chi connectivity index (χ0v) is 7.48. The number of hydrogen-bond acceptors (Lipinski definition) is 2. The maximum atomic E-state index is 12.2. The van der Waals surface area contributed by atoms with E-state index in [1.165, 1.54) is 6.92 Å². The molecule has 0 unspecified atom stereocenters. The van der Waals surface area contributed by atoms with Crippen molar-refractivity contribution in [1.29, 1.82) is 0 Å². The largest absolute Gasteiger partial charge is 0.508 e. The molecule has 0 radical (unpaired) electrons. The smallest absolute Gasteiger partial charge is 0.412 e. The highest BCUT2D eigenvalue weighted by Crippen LogP contribution is 2.34. The van der Waals surface area contributed by atoms with E-state index in [1.54, 1.807) is 0 Å². The van der Waals surface area contributed by atoms with E-state index < -0.39 is 17.5 Å². The van der Waals surface area contributed by atoms with Crippen molar-refractivity contribution in [3.63, 3.8) is 0 Å². The molecule has 0 aromatic carbocycles. The standard InChI is InChI=1S/C9H9F3O2/c1-5(13)7-3-2-6(4-8(7)14)9(10,11)12/h4,14H,2-3H2,1H3. The first-order valence-corrected chi connectivity index (χ1v) is 4.03. The Morgan fingerprint density at radius 2 is 2.00 bits per heavy atom. The number of hydrogen-bond donors (Lipinski definition) is 1. The van der Waals surface area contributed by atoms with E-state index in [4.69, 9.17) is 5.11 Å². The molecule has 0 aromatic heterocycles. The number of Topliss-reactive ketones (excluding diaryl/α,β-unsaturated/α-hetero) is 1. The molecule has 1 N–H and O–H groups in total. The third-order valence-electron chi connectivity index (χ3n) is 2.05. The van der Waals surface area contributed by atoms with Gasteiger partial charge in [-0.05, 0) is 25.8 Å². The Hall–Kier alpha value is -1.26. The average Bonchev–Trinajstić information content (AvgIpc) is 2.01. The summed E-state index contributed by atoms with van der Waals surface area (Å²) < 4.78 is 36.5. The van der Waals surface area contributed by atoms with Crippen LogP contribution in [-0.2, 0) is 4.79 Å². The molecule has 1 aliphatic rings. The predicted octanol–water partition coefficient (Wildman–Crippen LogP) is 2.67. The quantitative estimate of drug-likeness (QED) is 0.716. The monoisotopic (exact) mass is 206 g/mol. The van der Waals surface area contributed by atoms with Crippen LogP contribution in [-0.4, -0.2) is 17.1 Å². The Balaban J connectivity index is 3.01. The number of halogens is 3. The van der Waals surface area contributed by atoms with Gasteiger partial charge in [-0.1, -0.05) is 0 Å². The van der Waals surface area contributed by atoms with Crippen LogP contribution in [0.4, 0.5) is 13.2 Å². The molecule has 0 bridgehead atoms. The second-order valence-corrected chi connectivity index (χ2v) is 3.09. The van der Waals surface area contributed by atoms with Crippen LogP contribution < -0.4 is 0 Å². The van der Waals surface area contributed by atoms with Crippen LogP contribution in [0.5, 0.6) is 0 Å². The van der Waals surface area contributed by atoms with Crippen LogP contribution in [0.1, 0.15) is 19.8 Å². The molecule has 78 valence electrons. The van der Waals surface area contributed by atoms with Crippen LogP contribution in [0.3, 0.4) is 0 Å². The van der Waals surface area contributed by atoms with Gasteiger partial charge < -0.3 is 5.11 Å². The molecule has 0 fully saturated rings. The van der Waals surface area contributed by atoms with Gasteiger partial charge in [-0.2, -0.15) is 13.2 Å². The molecular weight excluding hydrogens is 197 g/mol. The molecule has 0 saturated heterocycles. The number of alkyl halides is 3. The third-order valence-corrected chi connectivity index (χ3v) is 2.05. The van der Waals surface area contributed by atoms with Gasteiger partial charge in [-0.25, -0.2) is 0 Å². The van der Waals surface area contributed by atoms with Gasteiger partial charge >= 0.3 is 6.18 Å². The molecule has 2 nitrogen and oxygen atoms in total. The van der Waals surface area contributed by atoms with Gasteiger partial charge in [0.1, 0.15) is 5.76 Å². The summed E-state index contributed by atoms with van der Waals surface area (Å²) in [5.74, 6) is -0.948. The van der Waals surface area contributed by atoms with Crippen molar-refractivity contribution in [1.82, 2.24) is 0 Å². The molecule has 0 spiro atoms. The van der Waals surface area contributed by atoms with Gasteiger partial charge in [0.2, 0.25) is 0 Å². The van der Waals surface area contributed by atoms with Gasteiger partial charge in [-0.3, -0.25) is 4.79 Å². The number of aliphatic hydroxyl groups excluding tert-OH is 1. The third kappa shape index (κ3) is 2.16. The van der Waals surface area contributed by atoms with Gasteiger partial charge in [0.25, 0.3) is 0 Å². The Morgan fingerprint density at radius 3 is 2.36 bits per heavy atom. The average molecular weight is 206 g/mol. The maximum absolute atomic E-state index is 12.2. The van der Waals surface area contributed by atoms with Crippen molar-refractivity contribution < 1.29 is 23.1 Å². The second-order valence-electron chi connectivity index (χ2n) is 3.09. The number of ketones is 1. The lowest BCUT2D eigenvalue weighted by Crippen LogP contribution is -2.16. The van der Waals surface area contributed by atoms with Gasteiger partial charge in [0.15, 0.2) is 5.78 Å². The summed E-state index contributed by atoms with van der Waals surface area (Å²) in [5.41, 5.74) is -0.724. The molecule has 0 aromatic rings. The highest BCUT2D eigenvalue weighted by Gasteiger charge is 2.35. The van der Waals surface area contributed by atoms with Crippen molar-refractivity contribution >= 4 is 5.78 Å². The van der Waals surface area contributed by atoms with Crippen molar-refractivity contribution in [3.05, 3.63) is 23.0 Å². The Morgan fingerprint density at radius 1 is 1.43 bits per heavy atom. The summed E-state index contributed by atoms with van der Waals surface area (Å²) in [7, 11) is 0. The minimum atomic E-state index is -4.42. The highest BCUT2D eigenvalue weighted by molar-refractivity contribution is 5.94. The first-order chi connectivity index (χ1) is 6.32. The first-order valence-electron chi connectivity index (χ1n) is 4.03. The fourth-order valence-electron chi connectivity index (χ4n) is 1.29. The molecular formula is C9H9F3O2. The lowest BCUT2D eigenvalue weighted by molar-refractivity contribution is -0.114. The molecule has 0 atom stereocenters. The van der Waals surface area contributed by atoms with Crippen LogP contribution in [0.15, 0.2) is 23.0 Å². The summed E-state index contributed by atoms with van der Waals surface area (Å²) in [6.07, 6.45) is -4.09. The lowest BCUT2D eigenvalue weighted by Gasteiger charge is -2.17. The Labute approximate surface area is 78.7 Å². The topological polar surface area (TPSA) is 37.3 Å². The van der Waals surface area contributed by atoms with Gasteiger partial charge in [-0.15, -0.1) is 0 Å². The summed E-state index contributed by atoms with van der Waals surface area (Å²) in [6.45, 7) is 1.22. The molecule has 5 heteroatoms. The molecule has 1 rings (SSSR count). The summed E-state index contributed by atoms with van der Waals surface area (Å²) >= 11 is 0. The number of rotatable bonds is 1. The van der Waals surface area contributed by atoms with E-state index in [0.717, 1.165) is 0 Å². The van der Waals surface area contributed by atoms with Gasteiger partial charge in [0, 0.05) is 11.1 Å². The predicted molar refractivity (Wildman–Crippen MR) is 43.7 cm³/mol. The fraction of sp³-hybridized carbons (Fsp3) is 0.444. The molecule has 0 amide bonds. The fourth-order valence-corrected chi connectivity index (χ4v) is 1.29. The molecule has 0 aliphatic heterocycles. The van der Waals surface area contributed by atoms with Crippen molar-refractivity contribution in [3.8, 4) is 0 Å². The minimum Gasteiger partial charge on any atom is -0.508 e. The van der Waals surface area contributed by atoms with Crippen molar-refractivity contribution in [2.45, 2.75) is 25.9 Å². The molecule has 0 saturated carbocycles. The normalized spacial score (nSPS) is 18.1. The van der Waals surface area contributed by atoms with E-state index in [2.05, 4.69) is 0 Å². The molecule has 1 aliphatic carbocycles. The minimum absolute atomic E-state index is 0.0491. The van der Waals surface area contributed by atoms with E-state index in [0.29, 0.717) is 6.08 Å². The van der Waals surface area contributed by atoms with Gasteiger partial charge in [0.05, 0.1) is 0 Å².